The van der Waals surface area contributed by atoms with Crippen LogP contribution < -0.4 is 16.6 Å². The van der Waals surface area contributed by atoms with Crippen LogP contribution in [0.25, 0.3) is 0 Å². The van der Waals surface area contributed by atoms with Crippen LogP contribution in [-0.4, -0.2) is 5.91 Å². The molecule has 3 rings (SSSR count). The van der Waals surface area contributed by atoms with Crippen LogP contribution in [0.4, 0.5) is 5.69 Å². The molecule has 124 valence electrons. The van der Waals surface area contributed by atoms with Gasteiger partial charge in [-0.3, -0.25) is 9.93 Å². The van der Waals surface area contributed by atoms with Gasteiger partial charge in [0.1, 0.15) is 0 Å². The Morgan fingerprint density at radius 3 is 1.95 bits per heavy atom. The van der Waals surface area contributed by atoms with Gasteiger partial charge in [-0.15, -0.1) is 12.8 Å². The fourth-order valence-electron chi connectivity index (χ4n) is 3.21. The number of hydrogen-bond acceptors (Lipinski definition) is 4. The predicted molar refractivity (Wildman–Crippen MR) is 96.8 cm³/mol. The average molecular weight is 324 g/mol. The van der Waals surface area contributed by atoms with Crippen molar-refractivity contribution in [3.05, 3.63) is 28.3 Å². The number of rotatable bonds is 3. The fourth-order valence-corrected chi connectivity index (χ4v) is 3.21. The SMILES string of the molecule is CCCCC(N)=O.NS.Nc1c2c(cc3c1CCC3)CCC2. The summed E-state index contributed by atoms with van der Waals surface area (Å²) in [7, 11) is 0. The summed E-state index contributed by atoms with van der Waals surface area (Å²) in [6.45, 7) is 2.03. The third-order valence-corrected chi connectivity index (χ3v) is 4.30. The molecule has 1 amide bonds. The van der Waals surface area contributed by atoms with Crippen LogP contribution in [0.3, 0.4) is 0 Å². The van der Waals surface area contributed by atoms with E-state index in [0.29, 0.717) is 6.42 Å². The van der Waals surface area contributed by atoms with Crippen molar-refractivity contribution in [1.82, 2.24) is 0 Å². The van der Waals surface area contributed by atoms with Crippen molar-refractivity contribution in [2.45, 2.75) is 64.7 Å². The zero-order valence-corrected chi connectivity index (χ0v) is 14.4. The molecule has 0 atom stereocenters. The lowest BCUT2D eigenvalue weighted by Gasteiger charge is -2.10. The van der Waals surface area contributed by atoms with Crippen molar-refractivity contribution >= 4 is 24.4 Å². The molecule has 0 heterocycles. The van der Waals surface area contributed by atoms with Gasteiger partial charge in [-0.2, -0.15) is 0 Å². The molecule has 0 spiro atoms. The molecule has 0 aromatic heterocycles. The Bertz CT molecular complexity index is 471. The molecular formula is C17H29N3OS. The second kappa shape index (κ2) is 9.74. The van der Waals surface area contributed by atoms with Crippen LogP contribution in [0.1, 0.15) is 61.3 Å². The summed E-state index contributed by atoms with van der Waals surface area (Å²) in [6, 6.07) is 2.42. The number of thiol groups is 1. The minimum Gasteiger partial charge on any atom is -0.398 e. The molecule has 0 radical (unpaired) electrons. The maximum Gasteiger partial charge on any atom is 0.217 e. The molecule has 0 fully saturated rings. The van der Waals surface area contributed by atoms with E-state index in [-0.39, 0.29) is 5.91 Å². The van der Waals surface area contributed by atoms with Gasteiger partial charge in [0.25, 0.3) is 0 Å². The summed E-state index contributed by atoms with van der Waals surface area (Å²) < 4.78 is 0. The molecule has 0 saturated carbocycles. The maximum atomic E-state index is 9.98. The number of hydrogen-bond donors (Lipinski definition) is 4. The number of carbonyl (C=O) groups is 1. The largest absolute Gasteiger partial charge is 0.398 e. The lowest BCUT2D eigenvalue weighted by molar-refractivity contribution is -0.118. The van der Waals surface area contributed by atoms with E-state index in [1.165, 1.54) is 60.8 Å². The van der Waals surface area contributed by atoms with Gasteiger partial charge in [0.2, 0.25) is 5.91 Å². The van der Waals surface area contributed by atoms with E-state index in [1.54, 1.807) is 0 Å². The first-order valence-corrected chi connectivity index (χ1v) is 8.61. The van der Waals surface area contributed by atoms with Gasteiger partial charge in [0.15, 0.2) is 0 Å². The molecule has 22 heavy (non-hydrogen) atoms. The molecule has 0 aliphatic heterocycles. The van der Waals surface area contributed by atoms with Gasteiger partial charge >= 0.3 is 0 Å². The summed E-state index contributed by atoms with van der Waals surface area (Å²) in [5.74, 6) is -0.193. The summed E-state index contributed by atoms with van der Waals surface area (Å²) in [6.07, 6.45) is 10.1. The first-order valence-electron chi connectivity index (χ1n) is 8.09. The average Bonchev–Trinajstić information content (AvgIpc) is 3.17. The van der Waals surface area contributed by atoms with Crippen molar-refractivity contribution in [1.29, 1.82) is 0 Å². The number of unbranched alkanes of at least 4 members (excludes halogenated alkanes) is 1. The van der Waals surface area contributed by atoms with Crippen molar-refractivity contribution < 1.29 is 4.79 Å². The monoisotopic (exact) mass is 323 g/mol. The van der Waals surface area contributed by atoms with Crippen LogP contribution in [0, 0.1) is 0 Å². The van der Waals surface area contributed by atoms with Crippen molar-refractivity contribution in [2.24, 2.45) is 10.9 Å². The van der Waals surface area contributed by atoms with E-state index in [4.69, 9.17) is 11.5 Å². The zero-order chi connectivity index (χ0) is 16.5. The number of nitrogen functional groups attached to an aromatic ring is 1. The third-order valence-electron chi connectivity index (χ3n) is 4.30. The van der Waals surface area contributed by atoms with Gasteiger partial charge in [-0.1, -0.05) is 19.4 Å². The van der Waals surface area contributed by atoms with E-state index >= 15 is 0 Å². The molecule has 1 aromatic carbocycles. The van der Waals surface area contributed by atoms with Gasteiger partial charge in [0.05, 0.1) is 0 Å². The predicted octanol–water partition coefficient (Wildman–Crippen LogP) is 2.70. The smallest absolute Gasteiger partial charge is 0.217 e. The van der Waals surface area contributed by atoms with Crippen LogP contribution in [0.15, 0.2) is 6.07 Å². The first kappa shape index (κ1) is 18.8. The third kappa shape index (κ3) is 4.92. The number of carbonyl (C=O) groups excluding carboxylic acids is 1. The molecule has 2 aliphatic rings. The van der Waals surface area contributed by atoms with Crippen LogP contribution in [-0.2, 0) is 30.5 Å². The number of fused-ring (bicyclic) bond motifs is 2. The highest BCUT2D eigenvalue weighted by Crippen LogP contribution is 2.36. The molecule has 5 heteroatoms. The first-order chi connectivity index (χ1) is 10.6. The molecule has 0 bridgehead atoms. The Morgan fingerprint density at radius 2 is 1.59 bits per heavy atom. The molecule has 2 aliphatic carbocycles. The molecular weight excluding hydrogens is 294 g/mol. The molecule has 0 unspecified atom stereocenters. The minimum atomic E-state index is -0.193. The number of nitrogens with two attached hydrogens (primary N) is 3. The number of aryl methyl sites for hydroxylation is 2. The van der Waals surface area contributed by atoms with E-state index < -0.39 is 0 Å². The quantitative estimate of drug-likeness (QED) is 0.509. The second-order valence-electron chi connectivity index (χ2n) is 5.84. The van der Waals surface area contributed by atoms with Crippen molar-refractivity contribution in [3.63, 3.8) is 0 Å². The fraction of sp³-hybridized carbons (Fsp3) is 0.588. The van der Waals surface area contributed by atoms with E-state index in [0.717, 1.165) is 18.5 Å². The Kier molecular flexibility index (Phi) is 8.35. The highest BCUT2D eigenvalue weighted by atomic mass is 32.1. The molecule has 0 saturated heterocycles. The Labute approximate surface area is 139 Å². The number of anilines is 1. The highest BCUT2D eigenvalue weighted by Gasteiger charge is 2.21. The number of amides is 1. The zero-order valence-electron chi connectivity index (χ0n) is 13.5. The van der Waals surface area contributed by atoms with Crippen LogP contribution in [0.5, 0.6) is 0 Å². The van der Waals surface area contributed by atoms with E-state index in [1.807, 2.05) is 6.92 Å². The maximum absolute atomic E-state index is 9.98. The van der Waals surface area contributed by atoms with Gasteiger partial charge < -0.3 is 11.5 Å². The van der Waals surface area contributed by atoms with Crippen molar-refractivity contribution in [2.75, 3.05) is 5.73 Å². The molecule has 4 nitrogen and oxygen atoms in total. The summed E-state index contributed by atoms with van der Waals surface area (Å²) in [5.41, 5.74) is 18.2. The van der Waals surface area contributed by atoms with E-state index in [9.17, 15) is 4.79 Å². The standard InChI is InChI=1S/C12H15N.C5H11NO.H3NS/c13-12-10-5-1-3-8(10)7-9-4-2-6-11(9)12;1-2-3-4-5(6)7;1-2/h7H,1-6,13H2;2-4H2,1H3,(H2,6,7);2H,1H2. The Morgan fingerprint density at radius 1 is 1.09 bits per heavy atom. The topological polar surface area (TPSA) is 95.1 Å². The highest BCUT2D eigenvalue weighted by molar-refractivity contribution is 7.77. The summed E-state index contributed by atoms with van der Waals surface area (Å²) in [5, 5.41) is 4.19. The second-order valence-corrected chi connectivity index (χ2v) is 5.84. The minimum absolute atomic E-state index is 0.193. The van der Waals surface area contributed by atoms with Crippen LogP contribution in [0.2, 0.25) is 0 Å². The number of primary amides is 1. The van der Waals surface area contributed by atoms with Crippen LogP contribution >= 0.6 is 12.8 Å². The normalized spacial score (nSPS) is 14.1. The lowest BCUT2D eigenvalue weighted by atomic mass is 9.99. The lowest BCUT2D eigenvalue weighted by Crippen LogP contribution is -2.09. The van der Waals surface area contributed by atoms with Gasteiger partial charge in [0, 0.05) is 12.1 Å². The summed E-state index contributed by atoms with van der Waals surface area (Å²) in [4.78, 5) is 9.98. The Hall–Kier alpha value is -1.20. The van der Waals surface area contributed by atoms with E-state index in [2.05, 4.69) is 24.0 Å². The van der Waals surface area contributed by atoms with Crippen molar-refractivity contribution in [3.8, 4) is 0 Å². The van der Waals surface area contributed by atoms with Gasteiger partial charge in [-0.05, 0) is 67.2 Å². The molecule has 1 aromatic rings. The van der Waals surface area contributed by atoms with Gasteiger partial charge in [-0.25, -0.2) is 0 Å². The number of benzene rings is 1. The Balaban J connectivity index is 0.000000233. The molecule has 6 N–H and O–H groups in total. The summed E-state index contributed by atoms with van der Waals surface area (Å²) >= 11 is 3.03.